The van der Waals surface area contributed by atoms with Crippen molar-refractivity contribution in [2.75, 3.05) is 19.7 Å². The van der Waals surface area contributed by atoms with Crippen molar-refractivity contribution >= 4 is 12.1 Å². The molecule has 0 bridgehead atoms. The van der Waals surface area contributed by atoms with Crippen LogP contribution in [-0.2, 0) is 14.3 Å². The third-order valence-electron chi connectivity index (χ3n) is 3.42. The highest BCUT2D eigenvalue weighted by Crippen LogP contribution is 2.46. The van der Waals surface area contributed by atoms with Crippen molar-refractivity contribution in [1.29, 1.82) is 0 Å². The Bertz CT molecular complexity index is 421. The predicted molar refractivity (Wildman–Crippen MR) is 62.6 cm³/mol. The van der Waals surface area contributed by atoms with Crippen LogP contribution in [0.1, 0.15) is 27.2 Å². The van der Waals surface area contributed by atoms with Crippen molar-refractivity contribution in [3.05, 3.63) is 0 Å². The highest BCUT2D eigenvalue weighted by Gasteiger charge is 2.69. The molecule has 108 valence electrons. The number of carbonyl (C=O) groups excluding carboxylic acids is 1. The number of likely N-dealkylation sites (tertiary alicyclic amines) is 1. The number of halogens is 1. The number of amides is 1. The van der Waals surface area contributed by atoms with Gasteiger partial charge in [0, 0.05) is 6.42 Å². The van der Waals surface area contributed by atoms with E-state index < -0.39 is 28.9 Å². The number of carboxylic acids is 1. The molecule has 0 saturated carbocycles. The molecule has 0 aromatic carbocycles. The summed E-state index contributed by atoms with van der Waals surface area (Å²) in [4.78, 5) is 24.3. The Hall–Kier alpha value is -1.37. The molecule has 1 amide bonds. The minimum atomic E-state index is -2.05. The second-order valence-corrected chi connectivity index (χ2v) is 6.03. The molecule has 19 heavy (non-hydrogen) atoms. The van der Waals surface area contributed by atoms with Crippen molar-refractivity contribution in [3.63, 3.8) is 0 Å². The maximum Gasteiger partial charge on any atom is 0.410 e. The molecule has 6 nitrogen and oxygen atoms in total. The van der Waals surface area contributed by atoms with E-state index in [0.717, 1.165) is 4.90 Å². The van der Waals surface area contributed by atoms with Crippen molar-refractivity contribution in [3.8, 4) is 0 Å². The lowest BCUT2D eigenvalue weighted by Gasteiger charge is -2.26. The van der Waals surface area contributed by atoms with Gasteiger partial charge in [0.15, 0.2) is 5.67 Å². The third-order valence-corrected chi connectivity index (χ3v) is 3.42. The quantitative estimate of drug-likeness (QED) is 0.778. The molecule has 2 fully saturated rings. The third kappa shape index (κ3) is 2.16. The van der Waals surface area contributed by atoms with Gasteiger partial charge in [-0.05, 0) is 20.8 Å². The van der Waals surface area contributed by atoms with Crippen molar-refractivity contribution in [1.82, 2.24) is 4.90 Å². The summed E-state index contributed by atoms with van der Waals surface area (Å²) in [6.45, 7) is 4.48. The van der Waals surface area contributed by atoms with Gasteiger partial charge in [0.05, 0.1) is 19.7 Å². The molecule has 0 unspecified atom stereocenters. The van der Waals surface area contributed by atoms with Gasteiger partial charge in [-0.15, -0.1) is 0 Å². The van der Waals surface area contributed by atoms with Crippen LogP contribution in [0.5, 0.6) is 0 Å². The fourth-order valence-electron chi connectivity index (χ4n) is 2.52. The number of carbonyl (C=O) groups is 2. The summed E-state index contributed by atoms with van der Waals surface area (Å²) >= 11 is 0. The number of rotatable bonds is 1. The summed E-state index contributed by atoms with van der Waals surface area (Å²) in [6.07, 6.45) is -0.748. The molecule has 0 spiro atoms. The first kappa shape index (κ1) is 14.0. The van der Waals surface area contributed by atoms with Crippen LogP contribution in [0.15, 0.2) is 0 Å². The van der Waals surface area contributed by atoms with E-state index in [4.69, 9.17) is 9.47 Å². The molecule has 0 aliphatic carbocycles. The van der Waals surface area contributed by atoms with E-state index in [-0.39, 0.29) is 26.1 Å². The maximum atomic E-state index is 14.7. The summed E-state index contributed by atoms with van der Waals surface area (Å²) in [5.41, 5.74) is -4.71. The zero-order chi connectivity index (χ0) is 14.5. The van der Waals surface area contributed by atoms with Gasteiger partial charge in [0.2, 0.25) is 5.60 Å². The van der Waals surface area contributed by atoms with E-state index in [0.29, 0.717) is 0 Å². The average molecular weight is 275 g/mol. The summed E-state index contributed by atoms with van der Waals surface area (Å²) in [6, 6.07) is 0. The summed E-state index contributed by atoms with van der Waals surface area (Å²) in [5.74, 6) is -1.38. The van der Waals surface area contributed by atoms with E-state index >= 15 is 0 Å². The van der Waals surface area contributed by atoms with Crippen LogP contribution in [-0.4, -0.2) is 58.6 Å². The lowest BCUT2D eigenvalue weighted by Crippen LogP contribution is -2.53. The molecule has 2 heterocycles. The van der Waals surface area contributed by atoms with Gasteiger partial charge in [-0.3, -0.25) is 0 Å². The minimum Gasteiger partial charge on any atom is -0.479 e. The molecule has 0 aromatic heterocycles. The molecular formula is C12H18FNO5. The number of hydrogen-bond acceptors (Lipinski definition) is 4. The first-order chi connectivity index (χ1) is 8.60. The van der Waals surface area contributed by atoms with Crippen LogP contribution >= 0.6 is 0 Å². The molecule has 0 radical (unpaired) electrons. The molecular weight excluding hydrogens is 257 g/mol. The molecule has 7 heteroatoms. The van der Waals surface area contributed by atoms with Crippen molar-refractivity contribution in [2.45, 2.75) is 44.1 Å². The van der Waals surface area contributed by atoms with Crippen LogP contribution in [0, 0.1) is 0 Å². The zero-order valence-electron chi connectivity index (χ0n) is 11.2. The van der Waals surface area contributed by atoms with E-state index in [9.17, 15) is 19.1 Å². The van der Waals surface area contributed by atoms with Crippen molar-refractivity contribution < 1.29 is 28.6 Å². The number of carboxylic acid groups (broad SMARTS) is 1. The number of alkyl halides is 1. The Morgan fingerprint density at radius 2 is 2.00 bits per heavy atom. The molecule has 2 atom stereocenters. The highest BCUT2D eigenvalue weighted by molar-refractivity contribution is 5.83. The van der Waals surface area contributed by atoms with E-state index in [1.54, 1.807) is 20.8 Å². The first-order valence-corrected chi connectivity index (χ1v) is 6.14. The normalized spacial score (nSPS) is 34.2. The lowest BCUT2D eigenvalue weighted by molar-refractivity contribution is -0.166. The largest absolute Gasteiger partial charge is 0.479 e. The Labute approximate surface area is 110 Å². The summed E-state index contributed by atoms with van der Waals surface area (Å²) < 4.78 is 24.9. The molecule has 2 saturated heterocycles. The fourth-order valence-corrected chi connectivity index (χ4v) is 2.52. The number of fused-ring (bicyclic) bond motifs is 1. The molecule has 2 aliphatic heterocycles. The fraction of sp³-hybridized carbons (Fsp3) is 0.833. The monoisotopic (exact) mass is 275 g/mol. The highest BCUT2D eigenvalue weighted by atomic mass is 19.1. The van der Waals surface area contributed by atoms with Crippen LogP contribution in [0.25, 0.3) is 0 Å². The molecule has 1 N–H and O–H groups in total. The minimum absolute atomic E-state index is 0.0292. The topological polar surface area (TPSA) is 76.1 Å². The molecule has 2 rings (SSSR count). The van der Waals surface area contributed by atoms with Gasteiger partial charge in [0.25, 0.3) is 0 Å². The lowest BCUT2D eigenvalue weighted by atomic mass is 9.88. The van der Waals surface area contributed by atoms with Gasteiger partial charge < -0.3 is 19.5 Å². The standard InChI is InChI=1S/C12H18FNO5/c1-10(2,3)19-9(17)14-6-11(13)4-5-18-12(11,7-14)8(15)16/h4-7H2,1-3H3,(H,15,16)/t11-,12+/m0/s1. The maximum absolute atomic E-state index is 14.7. The summed E-state index contributed by atoms with van der Waals surface area (Å²) in [7, 11) is 0. The van der Waals surface area contributed by atoms with E-state index in [2.05, 4.69) is 0 Å². The number of ether oxygens (including phenoxy) is 2. The van der Waals surface area contributed by atoms with E-state index in [1.807, 2.05) is 0 Å². The number of aliphatic carboxylic acids is 1. The Kier molecular flexibility index (Phi) is 3.00. The van der Waals surface area contributed by atoms with Crippen LogP contribution in [0.2, 0.25) is 0 Å². The van der Waals surface area contributed by atoms with Gasteiger partial charge in [-0.25, -0.2) is 14.0 Å². The zero-order valence-corrected chi connectivity index (χ0v) is 11.2. The smallest absolute Gasteiger partial charge is 0.410 e. The predicted octanol–water partition coefficient (Wildman–Crippen LogP) is 1.19. The van der Waals surface area contributed by atoms with Gasteiger partial charge >= 0.3 is 12.1 Å². The Morgan fingerprint density at radius 1 is 1.37 bits per heavy atom. The first-order valence-electron chi connectivity index (χ1n) is 6.14. The molecule has 2 aliphatic rings. The second kappa shape index (κ2) is 4.06. The van der Waals surface area contributed by atoms with Crippen molar-refractivity contribution in [2.24, 2.45) is 0 Å². The van der Waals surface area contributed by atoms with Crippen LogP contribution in [0.3, 0.4) is 0 Å². The SMILES string of the molecule is CC(C)(C)OC(=O)N1C[C@@]2(F)CCO[C@@]2(C(=O)O)C1. The number of hydrogen-bond donors (Lipinski definition) is 1. The van der Waals surface area contributed by atoms with Gasteiger partial charge in [0.1, 0.15) is 5.60 Å². The van der Waals surface area contributed by atoms with E-state index in [1.165, 1.54) is 0 Å². The van der Waals surface area contributed by atoms with Crippen LogP contribution < -0.4 is 0 Å². The Morgan fingerprint density at radius 3 is 2.47 bits per heavy atom. The average Bonchev–Trinajstić information content (AvgIpc) is 2.66. The summed E-state index contributed by atoms with van der Waals surface area (Å²) in [5, 5.41) is 9.23. The van der Waals surface area contributed by atoms with Crippen LogP contribution in [0.4, 0.5) is 9.18 Å². The van der Waals surface area contributed by atoms with Gasteiger partial charge in [-0.2, -0.15) is 0 Å². The number of nitrogens with zero attached hydrogens (tertiary/aromatic N) is 1. The second-order valence-electron chi connectivity index (χ2n) is 6.03. The Balaban J connectivity index is 2.18. The van der Waals surface area contributed by atoms with Gasteiger partial charge in [-0.1, -0.05) is 0 Å². The molecule has 0 aromatic rings.